The Hall–Kier alpha value is -4.59. The Morgan fingerprint density at radius 3 is 2.60 bits per heavy atom. The first-order valence-electron chi connectivity index (χ1n) is 11.0. The first-order valence-corrected chi connectivity index (χ1v) is 11.0. The number of carbonyl (C=O) groups excluding carboxylic acids is 2. The van der Waals surface area contributed by atoms with Crippen LogP contribution < -0.4 is 18.9 Å². The van der Waals surface area contributed by atoms with Crippen molar-refractivity contribution in [3.8, 4) is 23.0 Å². The molecule has 0 saturated carbocycles. The average Bonchev–Trinajstić information content (AvgIpc) is 3.47. The molecule has 0 bridgehead atoms. The summed E-state index contributed by atoms with van der Waals surface area (Å²) in [5.41, 5.74) is 2.92. The van der Waals surface area contributed by atoms with Gasteiger partial charge in [-0.15, -0.1) is 0 Å². The van der Waals surface area contributed by atoms with E-state index in [1.54, 1.807) is 42.5 Å². The van der Waals surface area contributed by atoms with Crippen LogP contribution >= 0.6 is 0 Å². The third-order valence-corrected chi connectivity index (χ3v) is 5.30. The van der Waals surface area contributed by atoms with E-state index in [-0.39, 0.29) is 24.1 Å². The van der Waals surface area contributed by atoms with Crippen molar-refractivity contribution in [3.05, 3.63) is 88.6 Å². The lowest BCUT2D eigenvalue weighted by Gasteiger charge is -2.11. The summed E-state index contributed by atoms with van der Waals surface area (Å²) in [6.07, 6.45) is 1.59. The molecule has 2 heterocycles. The number of ether oxygens (including phenoxy) is 5. The van der Waals surface area contributed by atoms with Crippen LogP contribution in [-0.4, -0.2) is 31.2 Å². The van der Waals surface area contributed by atoms with Gasteiger partial charge in [-0.05, 0) is 68.0 Å². The van der Waals surface area contributed by atoms with Gasteiger partial charge >= 0.3 is 11.9 Å². The van der Waals surface area contributed by atoms with Crippen molar-refractivity contribution in [2.75, 3.05) is 13.4 Å². The Kier molecular flexibility index (Phi) is 5.93. The second-order valence-electron chi connectivity index (χ2n) is 7.80. The molecule has 176 valence electrons. The minimum atomic E-state index is -0.568. The number of cyclic esters (lactones) is 1. The van der Waals surface area contributed by atoms with Crippen molar-refractivity contribution >= 4 is 23.9 Å². The average molecular weight is 471 g/mol. The molecular weight excluding hydrogens is 450 g/mol. The molecular formula is C27H21NO7. The third kappa shape index (κ3) is 4.72. The molecule has 0 saturated heterocycles. The number of aliphatic imine (C=N–C) groups is 1. The van der Waals surface area contributed by atoms with Crippen molar-refractivity contribution < 1.29 is 33.3 Å². The zero-order valence-corrected chi connectivity index (χ0v) is 19.1. The minimum Gasteiger partial charge on any atom is -0.490 e. The number of benzene rings is 3. The van der Waals surface area contributed by atoms with Gasteiger partial charge in [0.2, 0.25) is 12.7 Å². The fourth-order valence-electron chi connectivity index (χ4n) is 3.54. The highest BCUT2D eigenvalue weighted by molar-refractivity contribution is 6.12. The van der Waals surface area contributed by atoms with Crippen LogP contribution in [-0.2, 0) is 9.53 Å². The maximum Gasteiger partial charge on any atom is 0.363 e. The van der Waals surface area contributed by atoms with Crippen LogP contribution in [0, 0.1) is 6.92 Å². The Bertz CT molecular complexity index is 1370. The normalized spacial score (nSPS) is 15.1. The van der Waals surface area contributed by atoms with E-state index < -0.39 is 11.9 Å². The molecule has 0 aliphatic carbocycles. The summed E-state index contributed by atoms with van der Waals surface area (Å²) >= 11 is 0. The van der Waals surface area contributed by atoms with Crippen LogP contribution in [0.1, 0.15) is 34.0 Å². The maximum absolute atomic E-state index is 12.7. The van der Waals surface area contributed by atoms with E-state index >= 15 is 0 Å². The molecule has 2 aliphatic rings. The number of hydrogen-bond donors (Lipinski definition) is 0. The summed E-state index contributed by atoms with van der Waals surface area (Å²) in [5, 5.41) is 0. The Balaban J connectivity index is 1.38. The predicted octanol–water partition coefficient (Wildman–Crippen LogP) is 4.69. The van der Waals surface area contributed by atoms with E-state index in [4.69, 9.17) is 23.7 Å². The number of carbonyl (C=O) groups is 2. The zero-order valence-electron chi connectivity index (χ0n) is 19.1. The molecule has 0 amide bonds. The van der Waals surface area contributed by atoms with Gasteiger partial charge in [0.25, 0.3) is 0 Å². The number of esters is 2. The smallest absolute Gasteiger partial charge is 0.363 e. The highest BCUT2D eigenvalue weighted by Crippen LogP contribution is 2.34. The molecule has 0 radical (unpaired) electrons. The summed E-state index contributed by atoms with van der Waals surface area (Å²) in [4.78, 5) is 29.4. The van der Waals surface area contributed by atoms with Gasteiger partial charge in [0, 0.05) is 5.56 Å². The van der Waals surface area contributed by atoms with E-state index in [9.17, 15) is 9.59 Å². The number of fused-ring (bicyclic) bond motifs is 1. The molecule has 0 fully saturated rings. The summed E-state index contributed by atoms with van der Waals surface area (Å²) in [6.45, 7) is 4.26. The zero-order chi connectivity index (χ0) is 24.4. The van der Waals surface area contributed by atoms with Crippen LogP contribution in [0.3, 0.4) is 0 Å². The van der Waals surface area contributed by atoms with Crippen LogP contribution in [0.25, 0.3) is 6.08 Å². The number of nitrogens with zero attached hydrogens (tertiary/aromatic N) is 1. The van der Waals surface area contributed by atoms with Gasteiger partial charge in [0.15, 0.2) is 28.7 Å². The molecule has 8 heteroatoms. The molecule has 3 aromatic carbocycles. The number of rotatable bonds is 6. The van der Waals surface area contributed by atoms with E-state index in [0.717, 1.165) is 5.56 Å². The molecule has 8 nitrogen and oxygen atoms in total. The summed E-state index contributed by atoms with van der Waals surface area (Å²) in [6, 6.07) is 17.3. The van der Waals surface area contributed by atoms with E-state index in [2.05, 4.69) is 4.99 Å². The largest absolute Gasteiger partial charge is 0.490 e. The van der Waals surface area contributed by atoms with Crippen LogP contribution in [0.15, 0.2) is 71.4 Å². The van der Waals surface area contributed by atoms with E-state index in [1.165, 1.54) is 0 Å². The van der Waals surface area contributed by atoms with Gasteiger partial charge < -0.3 is 23.7 Å². The molecule has 2 aliphatic heterocycles. The van der Waals surface area contributed by atoms with Gasteiger partial charge in [-0.3, -0.25) is 0 Å². The Morgan fingerprint density at radius 1 is 1.00 bits per heavy atom. The topological polar surface area (TPSA) is 92.7 Å². The van der Waals surface area contributed by atoms with Gasteiger partial charge in [-0.1, -0.05) is 23.8 Å². The molecule has 0 spiro atoms. The highest BCUT2D eigenvalue weighted by atomic mass is 16.7. The van der Waals surface area contributed by atoms with Crippen molar-refractivity contribution in [1.82, 2.24) is 0 Å². The Labute approximate surface area is 201 Å². The first-order chi connectivity index (χ1) is 17.0. The molecule has 5 rings (SSSR count). The quantitative estimate of drug-likeness (QED) is 0.293. The molecule has 3 aromatic rings. The van der Waals surface area contributed by atoms with Gasteiger partial charge in [-0.25, -0.2) is 14.6 Å². The lowest BCUT2D eigenvalue weighted by Crippen LogP contribution is -2.09. The molecule has 0 aromatic heterocycles. The second kappa shape index (κ2) is 9.34. The van der Waals surface area contributed by atoms with Crippen LogP contribution in [0.4, 0.5) is 0 Å². The Morgan fingerprint density at radius 2 is 1.80 bits per heavy atom. The van der Waals surface area contributed by atoms with E-state index in [1.807, 2.05) is 38.1 Å². The first kappa shape index (κ1) is 22.2. The molecule has 0 atom stereocenters. The molecule has 0 unspecified atom stereocenters. The summed E-state index contributed by atoms with van der Waals surface area (Å²) < 4.78 is 27.2. The number of hydrogen-bond acceptors (Lipinski definition) is 8. The fourth-order valence-corrected chi connectivity index (χ4v) is 3.54. The number of aryl methyl sites for hydroxylation is 1. The second-order valence-corrected chi connectivity index (χ2v) is 7.80. The van der Waals surface area contributed by atoms with E-state index in [0.29, 0.717) is 40.5 Å². The summed E-state index contributed by atoms with van der Waals surface area (Å²) in [5.74, 6) is 0.798. The monoisotopic (exact) mass is 471 g/mol. The molecule has 35 heavy (non-hydrogen) atoms. The van der Waals surface area contributed by atoms with Crippen molar-refractivity contribution in [2.24, 2.45) is 4.99 Å². The van der Waals surface area contributed by atoms with Crippen LogP contribution in [0.5, 0.6) is 23.0 Å². The SMILES string of the molecule is CCOc1cc(C=C2N=C(c3ccc(C)cc3)OC2=O)ccc1OC(=O)c1ccc2c(c1)OCO2. The lowest BCUT2D eigenvalue weighted by molar-refractivity contribution is -0.129. The maximum atomic E-state index is 12.7. The van der Waals surface area contributed by atoms with Gasteiger partial charge in [0.05, 0.1) is 12.2 Å². The fraction of sp³-hybridized carbons (Fsp3) is 0.148. The third-order valence-electron chi connectivity index (χ3n) is 5.30. The highest BCUT2D eigenvalue weighted by Gasteiger charge is 2.24. The van der Waals surface area contributed by atoms with Gasteiger partial charge in [0.1, 0.15) is 0 Å². The van der Waals surface area contributed by atoms with Crippen molar-refractivity contribution in [1.29, 1.82) is 0 Å². The van der Waals surface area contributed by atoms with Crippen LogP contribution in [0.2, 0.25) is 0 Å². The summed E-state index contributed by atoms with van der Waals surface area (Å²) in [7, 11) is 0. The van der Waals surface area contributed by atoms with Crippen molar-refractivity contribution in [2.45, 2.75) is 13.8 Å². The predicted molar refractivity (Wildman–Crippen MR) is 127 cm³/mol. The lowest BCUT2D eigenvalue weighted by atomic mass is 10.1. The van der Waals surface area contributed by atoms with Gasteiger partial charge in [-0.2, -0.15) is 0 Å². The molecule has 0 N–H and O–H groups in total. The standard InChI is InChI=1S/C27H21NO7/c1-3-31-23-13-17(12-20-27(30)35-25(28-20)18-7-4-16(2)5-8-18)6-10-22(23)34-26(29)19-9-11-21-24(14-19)33-15-32-21/h4-14H,3,15H2,1-2H3. The van der Waals surface area contributed by atoms with Crippen molar-refractivity contribution in [3.63, 3.8) is 0 Å². The minimum absolute atomic E-state index is 0.114.